The average Bonchev–Trinajstić information content (AvgIpc) is 2.72. The number of esters is 2. The van der Waals surface area contributed by atoms with Crippen LogP contribution in [0.15, 0.2) is 48.5 Å². The Morgan fingerprint density at radius 1 is 1.00 bits per heavy atom. The van der Waals surface area contributed by atoms with Gasteiger partial charge < -0.3 is 24.3 Å². The van der Waals surface area contributed by atoms with Gasteiger partial charge in [0.1, 0.15) is 17.5 Å². The number of para-hydroxylation sites is 3. The normalized spacial score (nSPS) is 16.8. The fraction of sp³-hybridized carbons (Fsp3) is 0.333. The number of ether oxygens (including phenoxy) is 4. The summed E-state index contributed by atoms with van der Waals surface area (Å²) in [5.41, 5.74) is -0.849. The van der Waals surface area contributed by atoms with Crippen LogP contribution < -0.4 is 14.8 Å². The summed E-state index contributed by atoms with van der Waals surface area (Å²) >= 11 is 0. The van der Waals surface area contributed by atoms with Crippen LogP contribution in [0.25, 0.3) is 0 Å². The van der Waals surface area contributed by atoms with Crippen molar-refractivity contribution in [1.29, 1.82) is 0 Å². The maximum atomic E-state index is 13.1. The van der Waals surface area contributed by atoms with E-state index in [2.05, 4.69) is 5.32 Å². The molecule has 7 nitrogen and oxygen atoms in total. The summed E-state index contributed by atoms with van der Waals surface area (Å²) in [6, 6.07) is 13.3. The van der Waals surface area contributed by atoms with Crippen LogP contribution in [-0.4, -0.2) is 37.9 Å². The average molecular weight is 385 g/mol. The summed E-state index contributed by atoms with van der Waals surface area (Å²) in [5, 5.41) is 3.25. The molecule has 0 fully saturated rings. The van der Waals surface area contributed by atoms with E-state index in [9.17, 15) is 9.59 Å². The summed E-state index contributed by atoms with van der Waals surface area (Å²) < 4.78 is 22.0. The van der Waals surface area contributed by atoms with Gasteiger partial charge in [-0.05, 0) is 32.0 Å². The molecule has 0 aromatic heterocycles. The van der Waals surface area contributed by atoms with Gasteiger partial charge in [-0.1, -0.05) is 30.3 Å². The van der Waals surface area contributed by atoms with Crippen LogP contribution in [0.3, 0.4) is 0 Å². The van der Waals surface area contributed by atoms with E-state index in [0.29, 0.717) is 22.7 Å². The first-order valence-corrected chi connectivity index (χ1v) is 9.10. The lowest BCUT2D eigenvalue weighted by Crippen LogP contribution is -2.61. The number of methoxy groups -OCH3 is 1. The summed E-state index contributed by atoms with van der Waals surface area (Å²) in [4.78, 5) is 26.2. The summed E-state index contributed by atoms with van der Waals surface area (Å²) in [6.45, 7) is 3.51. The molecular formula is C21H23NO6. The molecule has 2 aromatic carbocycles. The van der Waals surface area contributed by atoms with Gasteiger partial charge in [-0.25, -0.2) is 9.59 Å². The van der Waals surface area contributed by atoms with Crippen LogP contribution >= 0.6 is 0 Å². The first kappa shape index (κ1) is 19.5. The van der Waals surface area contributed by atoms with Gasteiger partial charge in [0, 0.05) is 5.56 Å². The predicted molar refractivity (Wildman–Crippen MR) is 102 cm³/mol. The van der Waals surface area contributed by atoms with E-state index in [4.69, 9.17) is 18.9 Å². The standard InChI is InChI=1S/C21H23NO6/c1-4-26-19(23)21(20(24)27-5-2)18(14-10-6-8-12-16(14)25-3)22-15-11-7-9-13-17(15)28-21/h6-13,18,22H,4-5H2,1-3H3. The summed E-state index contributed by atoms with van der Waals surface area (Å²) in [6.07, 6.45) is 0. The van der Waals surface area contributed by atoms with Gasteiger partial charge in [0.05, 0.1) is 26.0 Å². The minimum Gasteiger partial charge on any atom is -0.496 e. The van der Waals surface area contributed by atoms with Gasteiger partial charge in [-0.3, -0.25) is 0 Å². The topological polar surface area (TPSA) is 83.1 Å². The van der Waals surface area contributed by atoms with Crippen molar-refractivity contribution >= 4 is 17.6 Å². The minimum atomic E-state index is -2.06. The van der Waals surface area contributed by atoms with Crippen LogP contribution in [0.2, 0.25) is 0 Å². The van der Waals surface area contributed by atoms with E-state index in [-0.39, 0.29) is 13.2 Å². The summed E-state index contributed by atoms with van der Waals surface area (Å²) in [5.74, 6) is -0.798. The molecule has 2 aromatic rings. The number of anilines is 1. The second-order valence-electron chi connectivity index (χ2n) is 6.09. The zero-order valence-corrected chi connectivity index (χ0v) is 16.1. The molecule has 0 saturated heterocycles. The number of carbonyl (C=O) groups excluding carboxylic acids is 2. The number of nitrogens with one attached hydrogen (secondary N) is 1. The second-order valence-corrected chi connectivity index (χ2v) is 6.09. The van der Waals surface area contributed by atoms with Crippen LogP contribution in [-0.2, 0) is 19.1 Å². The Kier molecular flexibility index (Phi) is 5.73. The lowest BCUT2D eigenvalue weighted by molar-refractivity contribution is -0.182. The van der Waals surface area contributed by atoms with Crippen molar-refractivity contribution in [2.45, 2.75) is 25.5 Å². The highest BCUT2D eigenvalue weighted by molar-refractivity contribution is 6.06. The molecule has 1 N–H and O–H groups in total. The Balaban J connectivity index is 2.24. The van der Waals surface area contributed by atoms with Crippen molar-refractivity contribution in [3.8, 4) is 11.5 Å². The van der Waals surface area contributed by atoms with E-state index in [1.54, 1.807) is 56.3 Å². The SMILES string of the molecule is CCOC(=O)C1(C(=O)OCC)Oc2ccccc2NC1c1ccccc1OC. The molecule has 1 heterocycles. The fourth-order valence-corrected chi connectivity index (χ4v) is 3.25. The molecule has 0 amide bonds. The number of carbonyl (C=O) groups is 2. The highest BCUT2D eigenvalue weighted by atomic mass is 16.6. The fourth-order valence-electron chi connectivity index (χ4n) is 3.25. The second kappa shape index (κ2) is 8.21. The number of hydrogen-bond donors (Lipinski definition) is 1. The van der Waals surface area contributed by atoms with Gasteiger partial charge in [-0.2, -0.15) is 0 Å². The quantitative estimate of drug-likeness (QED) is 0.604. The molecule has 3 rings (SSSR count). The first-order chi connectivity index (χ1) is 13.6. The van der Waals surface area contributed by atoms with E-state index >= 15 is 0 Å². The van der Waals surface area contributed by atoms with Gasteiger partial charge in [0.15, 0.2) is 0 Å². The number of fused-ring (bicyclic) bond motifs is 1. The van der Waals surface area contributed by atoms with Crippen LogP contribution in [0, 0.1) is 0 Å². The monoisotopic (exact) mass is 385 g/mol. The number of rotatable bonds is 6. The molecule has 1 atom stereocenters. The van der Waals surface area contributed by atoms with E-state index in [1.165, 1.54) is 7.11 Å². The lowest BCUT2D eigenvalue weighted by Gasteiger charge is -2.41. The van der Waals surface area contributed by atoms with Crippen molar-refractivity contribution in [3.63, 3.8) is 0 Å². The highest BCUT2D eigenvalue weighted by Gasteiger charge is 2.61. The molecule has 28 heavy (non-hydrogen) atoms. The molecule has 148 valence electrons. The number of benzene rings is 2. The zero-order valence-electron chi connectivity index (χ0n) is 16.1. The molecule has 0 spiro atoms. The lowest BCUT2D eigenvalue weighted by atomic mass is 9.85. The van der Waals surface area contributed by atoms with E-state index in [1.807, 2.05) is 6.07 Å². The minimum absolute atomic E-state index is 0.0869. The van der Waals surface area contributed by atoms with E-state index < -0.39 is 23.6 Å². The van der Waals surface area contributed by atoms with Gasteiger partial charge in [0.2, 0.25) is 0 Å². The van der Waals surface area contributed by atoms with Crippen molar-refractivity contribution in [1.82, 2.24) is 0 Å². The zero-order chi connectivity index (χ0) is 20.1. The Morgan fingerprint density at radius 2 is 1.61 bits per heavy atom. The number of hydrogen-bond acceptors (Lipinski definition) is 7. The Morgan fingerprint density at radius 3 is 2.25 bits per heavy atom. The van der Waals surface area contributed by atoms with Gasteiger partial charge >= 0.3 is 17.5 Å². The molecule has 0 aliphatic carbocycles. The largest absolute Gasteiger partial charge is 0.496 e. The molecular weight excluding hydrogens is 362 g/mol. The Labute approximate surface area is 163 Å². The van der Waals surface area contributed by atoms with Crippen LogP contribution in [0.1, 0.15) is 25.5 Å². The third kappa shape index (κ3) is 3.24. The predicted octanol–water partition coefficient (Wildman–Crippen LogP) is 3.11. The third-order valence-electron chi connectivity index (χ3n) is 4.47. The molecule has 1 unspecified atom stereocenters. The van der Waals surface area contributed by atoms with Crippen LogP contribution in [0.4, 0.5) is 5.69 Å². The van der Waals surface area contributed by atoms with E-state index in [0.717, 1.165) is 0 Å². The third-order valence-corrected chi connectivity index (χ3v) is 4.47. The first-order valence-electron chi connectivity index (χ1n) is 9.10. The highest BCUT2D eigenvalue weighted by Crippen LogP contribution is 2.46. The molecule has 7 heteroatoms. The summed E-state index contributed by atoms with van der Waals surface area (Å²) in [7, 11) is 1.52. The molecule has 0 bridgehead atoms. The van der Waals surface area contributed by atoms with Gasteiger partial charge in [-0.15, -0.1) is 0 Å². The van der Waals surface area contributed by atoms with Crippen molar-refractivity contribution in [3.05, 3.63) is 54.1 Å². The molecule has 1 aliphatic rings. The maximum Gasteiger partial charge on any atom is 0.365 e. The van der Waals surface area contributed by atoms with Crippen molar-refractivity contribution < 1.29 is 28.5 Å². The smallest absolute Gasteiger partial charge is 0.365 e. The molecule has 0 saturated carbocycles. The van der Waals surface area contributed by atoms with Crippen molar-refractivity contribution in [2.24, 2.45) is 0 Å². The van der Waals surface area contributed by atoms with Gasteiger partial charge in [0.25, 0.3) is 0 Å². The molecule has 1 aliphatic heterocycles. The molecule has 0 radical (unpaired) electrons. The Bertz CT molecular complexity index is 847. The van der Waals surface area contributed by atoms with Crippen LogP contribution in [0.5, 0.6) is 11.5 Å². The Hall–Kier alpha value is -3.22. The maximum absolute atomic E-state index is 13.1. The van der Waals surface area contributed by atoms with Crippen molar-refractivity contribution in [2.75, 3.05) is 25.6 Å².